The molecule has 1 aromatic carbocycles. The maximum absolute atomic E-state index is 10.6. The summed E-state index contributed by atoms with van der Waals surface area (Å²) in [6, 6.07) is 5.98. The van der Waals surface area contributed by atoms with Crippen molar-refractivity contribution in [1.29, 1.82) is 0 Å². The topological polar surface area (TPSA) is 84.6 Å². The molecule has 0 saturated heterocycles. The third kappa shape index (κ3) is 6.20. The third-order valence-corrected chi connectivity index (χ3v) is 3.41. The number of rotatable bonds is 9. The Morgan fingerprint density at radius 1 is 1.38 bits per heavy atom. The van der Waals surface area contributed by atoms with E-state index in [9.17, 15) is 15.2 Å². The van der Waals surface area contributed by atoms with Crippen LogP contribution in [0.5, 0.6) is 0 Å². The number of hydrogen-bond donors (Lipinski definition) is 2. The highest BCUT2D eigenvalue weighted by atomic mass is 16.6. The number of non-ortho nitro benzene ring substituents is 1. The van der Waals surface area contributed by atoms with Crippen LogP contribution in [0, 0.1) is 15.5 Å². The quantitative estimate of drug-likeness (QED) is 0.539. The van der Waals surface area contributed by atoms with Crippen molar-refractivity contribution < 1.29 is 14.8 Å². The van der Waals surface area contributed by atoms with Crippen molar-refractivity contribution in [3.05, 3.63) is 39.9 Å². The second-order valence-electron chi connectivity index (χ2n) is 5.90. The molecule has 0 aromatic heterocycles. The minimum Gasteiger partial charge on any atom is -0.387 e. The van der Waals surface area contributed by atoms with Crippen LogP contribution >= 0.6 is 0 Å². The van der Waals surface area contributed by atoms with Crippen LogP contribution in [-0.4, -0.2) is 36.8 Å². The van der Waals surface area contributed by atoms with Crippen molar-refractivity contribution in [3.8, 4) is 0 Å². The van der Waals surface area contributed by atoms with Gasteiger partial charge in [0.2, 0.25) is 0 Å². The van der Waals surface area contributed by atoms with Crippen molar-refractivity contribution in [2.24, 2.45) is 5.41 Å². The lowest BCUT2D eigenvalue weighted by atomic mass is 9.89. The largest absolute Gasteiger partial charge is 0.387 e. The number of nitrogens with zero attached hydrogens (tertiary/aromatic N) is 1. The second kappa shape index (κ2) is 8.07. The van der Waals surface area contributed by atoms with Gasteiger partial charge in [0.25, 0.3) is 5.69 Å². The highest BCUT2D eigenvalue weighted by Crippen LogP contribution is 2.20. The van der Waals surface area contributed by atoms with Gasteiger partial charge in [-0.3, -0.25) is 10.1 Å². The number of nitrogens with one attached hydrogen (secondary N) is 1. The van der Waals surface area contributed by atoms with Crippen LogP contribution in [0.2, 0.25) is 0 Å². The summed E-state index contributed by atoms with van der Waals surface area (Å²) in [6.07, 6.45) is 0.258. The normalized spacial score (nSPS) is 13.1. The van der Waals surface area contributed by atoms with Gasteiger partial charge in [-0.2, -0.15) is 0 Å². The van der Waals surface area contributed by atoms with E-state index in [2.05, 4.69) is 19.2 Å². The zero-order valence-electron chi connectivity index (χ0n) is 12.8. The van der Waals surface area contributed by atoms with Crippen LogP contribution in [0.15, 0.2) is 24.3 Å². The molecule has 0 aliphatic heterocycles. The molecule has 0 fully saturated rings. The number of benzene rings is 1. The first kappa shape index (κ1) is 17.6. The number of methoxy groups -OCH3 is 1. The summed E-state index contributed by atoms with van der Waals surface area (Å²) in [4.78, 5) is 10.1. The molecule has 1 rings (SSSR count). The van der Waals surface area contributed by atoms with Gasteiger partial charge in [0.05, 0.1) is 11.0 Å². The van der Waals surface area contributed by atoms with Gasteiger partial charge in [0.1, 0.15) is 0 Å². The molecule has 1 unspecified atom stereocenters. The molecule has 6 heteroatoms. The molecule has 0 spiro atoms. The number of aliphatic hydroxyl groups is 1. The molecule has 0 heterocycles. The van der Waals surface area contributed by atoms with E-state index in [1.807, 2.05) is 0 Å². The summed E-state index contributed by atoms with van der Waals surface area (Å²) in [5.41, 5.74) is 0.785. The predicted molar refractivity (Wildman–Crippen MR) is 81.2 cm³/mol. The summed E-state index contributed by atoms with van der Waals surface area (Å²) >= 11 is 0. The van der Waals surface area contributed by atoms with Gasteiger partial charge >= 0.3 is 0 Å². The molecule has 118 valence electrons. The summed E-state index contributed by atoms with van der Waals surface area (Å²) in [6.45, 7) is 6.16. The fourth-order valence-electron chi connectivity index (χ4n) is 1.95. The fraction of sp³-hybridized carbons (Fsp3) is 0.600. The van der Waals surface area contributed by atoms with E-state index >= 15 is 0 Å². The van der Waals surface area contributed by atoms with Crippen LogP contribution in [0.1, 0.15) is 31.9 Å². The molecule has 1 atom stereocenters. The van der Waals surface area contributed by atoms with Crippen molar-refractivity contribution in [2.75, 3.05) is 26.8 Å². The average Bonchev–Trinajstić information content (AvgIpc) is 2.45. The lowest BCUT2D eigenvalue weighted by Gasteiger charge is -2.25. The van der Waals surface area contributed by atoms with Crippen LogP contribution in [0.25, 0.3) is 0 Å². The minimum absolute atomic E-state index is 0.0274. The standard InChI is InChI=1S/C15H24N2O4/c1-15(2,8-9-21-3)11-16-10-14(18)12-4-6-13(7-5-12)17(19)20/h4-7,14,16,18H,8-11H2,1-3H3. The SMILES string of the molecule is COCCC(C)(C)CNCC(O)c1ccc([N+](=O)[O-])cc1. The zero-order chi connectivity index (χ0) is 15.9. The molecule has 6 nitrogen and oxygen atoms in total. The fourth-order valence-corrected chi connectivity index (χ4v) is 1.95. The first-order valence-corrected chi connectivity index (χ1v) is 6.98. The molecule has 2 N–H and O–H groups in total. The number of nitro benzene ring substituents is 1. The molecule has 0 bridgehead atoms. The van der Waals surface area contributed by atoms with Gasteiger partial charge in [-0.05, 0) is 29.5 Å². The van der Waals surface area contributed by atoms with E-state index in [1.54, 1.807) is 19.2 Å². The number of nitro groups is 1. The Bertz CT molecular complexity index is 445. The van der Waals surface area contributed by atoms with E-state index in [0.29, 0.717) is 18.7 Å². The number of hydrogen-bond acceptors (Lipinski definition) is 5. The van der Waals surface area contributed by atoms with Gasteiger partial charge in [0, 0.05) is 38.9 Å². The second-order valence-corrected chi connectivity index (χ2v) is 5.90. The summed E-state index contributed by atoms with van der Waals surface area (Å²) in [7, 11) is 1.68. The Kier molecular flexibility index (Phi) is 6.74. The molecule has 0 aliphatic carbocycles. The van der Waals surface area contributed by atoms with Gasteiger partial charge in [0.15, 0.2) is 0 Å². The van der Waals surface area contributed by atoms with Crippen molar-refractivity contribution in [3.63, 3.8) is 0 Å². The number of aliphatic hydroxyl groups excluding tert-OH is 1. The van der Waals surface area contributed by atoms with Crippen LogP contribution in [-0.2, 0) is 4.74 Å². The Morgan fingerprint density at radius 3 is 2.52 bits per heavy atom. The lowest BCUT2D eigenvalue weighted by molar-refractivity contribution is -0.384. The molecular weight excluding hydrogens is 272 g/mol. The first-order chi connectivity index (χ1) is 9.85. The minimum atomic E-state index is -0.677. The van der Waals surface area contributed by atoms with Gasteiger partial charge in [-0.15, -0.1) is 0 Å². The smallest absolute Gasteiger partial charge is 0.269 e. The maximum atomic E-state index is 10.6. The van der Waals surface area contributed by atoms with Gasteiger partial charge in [-0.1, -0.05) is 13.8 Å². The van der Waals surface area contributed by atoms with Crippen molar-refractivity contribution >= 4 is 5.69 Å². The molecule has 0 saturated carbocycles. The Balaban J connectivity index is 2.43. The van der Waals surface area contributed by atoms with Crippen molar-refractivity contribution in [2.45, 2.75) is 26.4 Å². The highest BCUT2D eigenvalue weighted by molar-refractivity contribution is 5.33. The third-order valence-electron chi connectivity index (χ3n) is 3.41. The average molecular weight is 296 g/mol. The van der Waals surface area contributed by atoms with E-state index in [-0.39, 0.29) is 11.1 Å². The number of ether oxygens (including phenoxy) is 1. The maximum Gasteiger partial charge on any atom is 0.269 e. The Hall–Kier alpha value is -1.50. The van der Waals surface area contributed by atoms with E-state index in [1.165, 1.54) is 12.1 Å². The molecule has 0 aliphatic rings. The lowest BCUT2D eigenvalue weighted by Crippen LogP contribution is -2.33. The van der Waals surface area contributed by atoms with Crippen molar-refractivity contribution in [1.82, 2.24) is 5.32 Å². The first-order valence-electron chi connectivity index (χ1n) is 6.98. The highest BCUT2D eigenvalue weighted by Gasteiger charge is 2.18. The molecule has 1 aromatic rings. The monoisotopic (exact) mass is 296 g/mol. The molecular formula is C15H24N2O4. The van der Waals surface area contributed by atoms with E-state index in [4.69, 9.17) is 4.74 Å². The predicted octanol–water partition coefficient (Wildman–Crippen LogP) is 2.28. The molecule has 21 heavy (non-hydrogen) atoms. The zero-order valence-corrected chi connectivity index (χ0v) is 12.8. The summed E-state index contributed by atoms with van der Waals surface area (Å²) < 4.78 is 5.07. The van der Waals surface area contributed by atoms with Crippen LogP contribution in [0.4, 0.5) is 5.69 Å². The van der Waals surface area contributed by atoms with Crippen LogP contribution in [0.3, 0.4) is 0 Å². The van der Waals surface area contributed by atoms with E-state index in [0.717, 1.165) is 13.0 Å². The Morgan fingerprint density at radius 2 is 2.00 bits per heavy atom. The molecule has 0 amide bonds. The van der Waals surface area contributed by atoms with E-state index < -0.39 is 11.0 Å². The Labute approximate surface area is 125 Å². The molecule has 0 radical (unpaired) electrons. The van der Waals surface area contributed by atoms with Crippen LogP contribution < -0.4 is 5.32 Å². The summed E-state index contributed by atoms with van der Waals surface area (Å²) in [5.74, 6) is 0. The summed E-state index contributed by atoms with van der Waals surface area (Å²) in [5, 5.41) is 23.9. The van der Waals surface area contributed by atoms with Gasteiger partial charge < -0.3 is 15.2 Å². The van der Waals surface area contributed by atoms with Gasteiger partial charge in [-0.25, -0.2) is 0 Å².